The van der Waals surface area contributed by atoms with E-state index in [0.29, 0.717) is 17.5 Å². The number of nitrogens with zero attached hydrogens (tertiary/aromatic N) is 3. The highest BCUT2D eigenvalue weighted by Gasteiger charge is 2.23. The van der Waals surface area contributed by atoms with Crippen molar-refractivity contribution >= 4 is 17.6 Å². The number of carbonyl (C=O) groups is 1. The Kier molecular flexibility index (Phi) is 5.71. The van der Waals surface area contributed by atoms with Crippen LogP contribution < -0.4 is 5.32 Å². The van der Waals surface area contributed by atoms with E-state index in [9.17, 15) is 9.90 Å². The minimum absolute atomic E-state index is 0.0478. The highest BCUT2D eigenvalue weighted by Crippen LogP contribution is 2.29. The lowest BCUT2D eigenvalue weighted by Crippen LogP contribution is -2.43. The Morgan fingerprint density at radius 3 is 2.48 bits per heavy atom. The summed E-state index contributed by atoms with van der Waals surface area (Å²) >= 11 is 5.92. The molecule has 7 heteroatoms. The zero-order valence-electron chi connectivity index (χ0n) is 16.0. The third kappa shape index (κ3) is 4.71. The molecular formula is C22H23ClN4O2. The fourth-order valence-corrected chi connectivity index (χ4v) is 3.76. The van der Waals surface area contributed by atoms with E-state index >= 15 is 0 Å². The second-order valence-corrected chi connectivity index (χ2v) is 7.72. The maximum atomic E-state index is 12.5. The quantitative estimate of drug-likeness (QED) is 0.672. The molecule has 2 N–H and O–H groups in total. The smallest absolute Gasteiger partial charge is 0.317 e. The van der Waals surface area contributed by atoms with Gasteiger partial charge in [-0.25, -0.2) is 9.48 Å². The SMILES string of the molecule is O=C(NCc1cnn(-c2ccc(Cl)cc2)c1)N1CCC(c2ccc(O)cc2)CC1. The van der Waals surface area contributed by atoms with Crippen molar-refractivity contribution in [3.05, 3.63) is 77.1 Å². The Labute approximate surface area is 174 Å². The van der Waals surface area contributed by atoms with Crippen molar-refractivity contribution in [1.29, 1.82) is 0 Å². The molecule has 0 radical (unpaired) electrons. The third-order valence-corrected chi connectivity index (χ3v) is 5.57. The van der Waals surface area contributed by atoms with Gasteiger partial charge in [0.15, 0.2) is 0 Å². The van der Waals surface area contributed by atoms with Gasteiger partial charge >= 0.3 is 6.03 Å². The minimum Gasteiger partial charge on any atom is -0.508 e. The van der Waals surface area contributed by atoms with Gasteiger partial charge in [-0.1, -0.05) is 23.7 Å². The first-order valence-corrected chi connectivity index (χ1v) is 10.1. The maximum absolute atomic E-state index is 12.5. The van der Waals surface area contributed by atoms with E-state index in [4.69, 9.17) is 11.6 Å². The van der Waals surface area contributed by atoms with Gasteiger partial charge in [0.2, 0.25) is 0 Å². The van der Waals surface area contributed by atoms with Crippen LogP contribution >= 0.6 is 11.6 Å². The Morgan fingerprint density at radius 2 is 1.79 bits per heavy atom. The van der Waals surface area contributed by atoms with Gasteiger partial charge in [0.1, 0.15) is 5.75 Å². The molecule has 1 aliphatic heterocycles. The van der Waals surface area contributed by atoms with Gasteiger partial charge < -0.3 is 15.3 Å². The van der Waals surface area contributed by atoms with E-state index in [-0.39, 0.29) is 11.8 Å². The molecule has 150 valence electrons. The number of amides is 2. The molecule has 0 atom stereocenters. The predicted molar refractivity (Wildman–Crippen MR) is 112 cm³/mol. The molecule has 4 rings (SSSR count). The van der Waals surface area contributed by atoms with Crippen LogP contribution in [0.1, 0.15) is 29.9 Å². The van der Waals surface area contributed by atoms with Gasteiger partial charge in [-0.05, 0) is 60.7 Å². The van der Waals surface area contributed by atoms with Crippen LogP contribution in [0.15, 0.2) is 60.9 Å². The van der Waals surface area contributed by atoms with E-state index < -0.39 is 0 Å². The van der Waals surface area contributed by atoms with Crippen LogP contribution in [0.4, 0.5) is 4.79 Å². The lowest BCUT2D eigenvalue weighted by atomic mass is 9.89. The number of carbonyl (C=O) groups excluding carboxylic acids is 1. The maximum Gasteiger partial charge on any atom is 0.317 e. The van der Waals surface area contributed by atoms with Crippen molar-refractivity contribution in [2.45, 2.75) is 25.3 Å². The highest BCUT2D eigenvalue weighted by molar-refractivity contribution is 6.30. The number of piperidine rings is 1. The van der Waals surface area contributed by atoms with Crippen molar-refractivity contribution in [2.75, 3.05) is 13.1 Å². The number of rotatable bonds is 4. The molecule has 0 aliphatic carbocycles. The number of phenolic OH excluding ortho intramolecular Hbond substituents is 1. The first kappa shape index (κ1) is 19.3. The average molecular weight is 411 g/mol. The first-order valence-electron chi connectivity index (χ1n) is 9.70. The number of halogens is 1. The van der Waals surface area contributed by atoms with E-state index in [1.165, 1.54) is 5.56 Å². The van der Waals surface area contributed by atoms with Crippen molar-refractivity contribution in [3.63, 3.8) is 0 Å². The minimum atomic E-state index is -0.0478. The number of nitrogens with one attached hydrogen (secondary N) is 1. The molecule has 2 heterocycles. The average Bonchev–Trinajstić information content (AvgIpc) is 3.22. The Morgan fingerprint density at radius 1 is 1.10 bits per heavy atom. The summed E-state index contributed by atoms with van der Waals surface area (Å²) in [5, 5.41) is 17.4. The molecule has 2 aromatic carbocycles. The van der Waals surface area contributed by atoms with Crippen LogP contribution in [0, 0.1) is 0 Å². The lowest BCUT2D eigenvalue weighted by Gasteiger charge is -2.32. The molecule has 0 spiro atoms. The number of hydrogen-bond donors (Lipinski definition) is 2. The number of aromatic hydroxyl groups is 1. The Hall–Kier alpha value is -2.99. The number of aromatic nitrogens is 2. The van der Waals surface area contributed by atoms with Crippen LogP contribution in [-0.2, 0) is 6.54 Å². The summed E-state index contributed by atoms with van der Waals surface area (Å²) in [5.41, 5.74) is 3.08. The summed E-state index contributed by atoms with van der Waals surface area (Å²) < 4.78 is 1.76. The summed E-state index contributed by atoms with van der Waals surface area (Å²) in [6.07, 6.45) is 5.51. The molecule has 2 amide bonds. The molecule has 1 saturated heterocycles. The molecule has 3 aromatic rings. The molecule has 0 saturated carbocycles. The second-order valence-electron chi connectivity index (χ2n) is 7.28. The fourth-order valence-electron chi connectivity index (χ4n) is 3.64. The fraction of sp³-hybridized carbons (Fsp3) is 0.273. The van der Waals surface area contributed by atoms with Crippen LogP contribution in [-0.4, -0.2) is 38.9 Å². The zero-order chi connectivity index (χ0) is 20.2. The second kappa shape index (κ2) is 8.57. The van der Waals surface area contributed by atoms with Crippen molar-refractivity contribution in [2.24, 2.45) is 0 Å². The normalized spacial score (nSPS) is 14.7. The monoisotopic (exact) mass is 410 g/mol. The Bertz CT molecular complexity index is 961. The van der Waals surface area contributed by atoms with Crippen molar-refractivity contribution < 1.29 is 9.90 Å². The molecule has 29 heavy (non-hydrogen) atoms. The van der Waals surface area contributed by atoms with E-state index in [0.717, 1.165) is 37.2 Å². The standard InChI is InChI=1S/C22H23ClN4O2/c23-19-3-5-20(6-4-19)27-15-16(14-25-27)13-24-22(29)26-11-9-18(10-12-26)17-1-7-21(28)8-2-17/h1-8,14-15,18,28H,9-13H2,(H,24,29). The number of likely N-dealkylation sites (tertiary alicyclic amines) is 1. The summed E-state index contributed by atoms with van der Waals surface area (Å²) in [6, 6.07) is 14.8. The highest BCUT2D eigenvalue weighted by atomic mass is 35.5. The van der Waals surface area contributed by atoms with Gasteiger partial charge in [-0.2, -0.15) is 5.10 Å². The number of hydrogen-bond acceptors (Lipinski definition) is 3. The number of benzene rings is 2. The van der Waals surface area contributed by atoms with Crippen molar-refractivity contribution in [3.8, 4) is 11.4 Å². The molecule has 1 aliphatic rings. The van der Waals surface area contributed by atoms with Crippen LogP contribution in [0.2, 0.25) is 5.02 Å². The molecular weight excluding hydrogens is 388 g/mol. The number of phenols is 1. The van der Waals surface area contributed by atoms with Gasteiger partial charge in [0.25, 0.3) is 0 Å². The molecule has 6 nitrogen and oxygen atoms in total. The van der Waals surface area contributed by atoms with Crippen LogP contribution in [0.5, 0.6) is 5.75 Å². The van der Waals surface area contributed by atoms with E-state index in [2.05, 4.69) is 10.4 Å². The summed E-state index contributed by atoms with van der Waals surface area (Å²) in [5.74, 6) is 0.710. The summed E-state index contributed by atoms with van der Waals surface area (Å²) in [4.78, 5) is 14.4. The Balaban J connectivity index is 1.27. The molecule has 1 fully saturated rings. The zero-order valence-corrected chi connectivity index (χ0v) is 16.7. The van der Waals surface area contributed by atoms with Crippen molar-refractivity contribution in [1.82, 2.24) is 20.0 Å². The molecule has 0 unspecified atom stereocenters. The number of urea groups is 1. The lowest BCUT2D eigenvalue weighted by molar-refractivity contribution is 0.181. The molecule has 0 bridgehead atoms. The van der Waals surface area contributed by atoms with Gasteiger partial charge in [0.05, 0.1) is 11.9 Å². The van der Waals surface area contributed by atoms with Crippen LogP contribution in [0.3, 0.4) is 0 Å². The third-order valence-electron chi connectivity index (χ3n) is 5.32. The largest absolute Gasteiger partial charge is 0.508 e. The first-order chi connectivity index (χ1) is 14.1. The van der Waals surface area contributed by atoms with Gasteiger partial charge in [-0.15, -0.1) is 0 Å². The van der Waals surface area contributed by atoms with Crippen LogP contribution in [0.25, 0.3) is 5.69 Å². The predicted octanol–water partition coefficient (Wildman–Crippen LogP) is 4.32. The molecule has 1 aromatic heterocycles. The topological polar surface area (TPSA) is 70.4 Å². The summed E-state index contributed by atoms with van der Waals surface area (Å²) in [7, 11) is 0. The van der Waals surface area contributed by atoms with Gasteiger partial charge in [0, 0.05) is 36.4 Å². The van der Waals surface area contributed by atoms with E-state index in [1.807, 2.05) is 47.5 Å². The van der Waals surface area contributed by atoms with Gasteiger partial charge in [-0.3, -0.25) is 0 Å². The summed E-state index contributed by atoms with van der Waals surface area (Å²) in [6.45, 7) is 1.88. The van der Waals surface area contributed by atoms with E-state index in [1.54, 1.807) is 23.0 Å².